The van der Waals surface area contributed by atoms with Gasteiger partial charge in [0.05, 0.1) is 11.2 Å². The van der Waals surface area contributed by atoms with Gasteiger partial charge in [-0.2, -0.15) is 0 Å². The van der Waals surface area contributed by atoms with Crippen molar-refractivity contribution >= 4 is 11.6 Å². The number of anilines is 1. The second kappa shape index (κ2) is 4.07. The minimum Gasteiger partial charge on any atom is -0.322 e. The van der Waals surface area contributed by atoms with E-state index in [1.807, 2.05) is 0 Å². The van der Waals surface area contributed by atoms with Crippen molar-refractivity contribution in [2.75, 3.05) is 5.32 Å². The van der Waals surface area contributed by atoms with E-state index in [0.717, 1.165) is 31.0 Å². The highest BCUT2D eigenvalue weighted by molar-refractivity contribution is 5.98. The zero-order valence-corrected chi connectivity index (χ0v) is 9.47. The molecular formula is C12H14F2N2O. The predicted molar refractivity (Wildman–Crippen MR) is 60.3 cm³/mol. The number of hydrogen-bond acceptors (Lipinski definition) is 2. The minimum absolute atomic E-state index is 0.124. The number of nitrogens with two attached hydrogens (primary N) is 1. The summed E-state index contributed by atoms with van der Waals surface area (Å²) in [6, 6.07) is 2.90. The third-order valence-corrected chi connectivity index (χ3v) is 3.09. The lowest BCUT2D eigenvalue weighted by Crippen LogP contribution is -2.50. The van der Waals surface area contributed by atoms with Crippen molar-refractivity contribution in [1.29, 1.82) is 0 Å². The molecule has 1 aromatic rings. The van der Waals surface area contributed by atoms with Crippen molar-refractivity contribution in [3.05, 3.63) is 29.8 Å². The number of carbonyl (C=O) groups excluding carboxylic acids is 1. The number of hydrogen-bond donors (Lipinski definition) is 2. The summed E-state index contributed by atoms with van der Waals surface area (Å²) in [4.78, 5) is 11.9. The van der Waals surface area contributed by atoms with Crippen LogP contribution in [0.2, 0.25) is 0 Å². The maximum absolute atomic E-state index is 13.3. The molecule has 1 saturated carbocycles. The standard InChI is InChI=1S/C12H14F2N2O/c1-12(15,7-2-3-7)11(17)16-10-6-8(13)4-5-9(10)14/h4-7H,2-3,15H2,1H3,(H,16,17). The molecule has 1 aliphatic rings. The molecule has 0 heterocycles. The van der Waals surface area contributed by atoms with Gasteiger partial charge in [0.2, 0.25) is 5.91 Å². The van der Waals surface area contributed by atoms with Crippen LogP contribution >= 0.6 is 0 Å². The lowest BCUT2D eigenvalue weighted by Gasteiger charge is -2.23. The van der Waals surface area contributed by atoms with Crippen molar-refractivity contribution in [3.63, 3.8) is 0 Å². The number of rotatable bonds is 3. The Labute approximate surface area is 98.0 Å². The Hall–Kier alpha value is -1.49. The summed E-state index contributed by atoms with van der Waals surface area (Å²) in [5, 5.41) is 2.33. The normalized spacial score (nSPS) is 18.6. The molecular weight excluding hydrogens is 226 g/mol. The van der Waals surface area contributed by atoms with Gasteiger partial charge in [0, 0.05) is 6.07 Å². The van der Waals surface area contributed by atoms with Gasteiger partial charge in [-0.3, -0.25) is 4.79 Å². The third-order valence-electron chi connectivity index (χ3n) is 3.09. The molecule has 0 spiro atoms. The Morgan fingerprint density at radius 1 is 1.47 bits per heavy atom. The van der Waals surface area contributed by atoms with E-state index in [-0.39, 0.29) is 11.6 Å². The number of halogens is 2. The van der Waals surface area contributed by atoms with Gasteiger partial charge in [-0.15, -0.1) is 0 Å². The number of benzene rings is 1. The van der Waals surface area contributed by atoms with Crippen LogP contribution in [0, 0.1) is 17.6 Å². The fourth-order valence-corrected chi connectivity index (χ4v) is 1.72. The highest BCUT2D eigenvalue weighted by Crippen LogP contribution is 2.38. The van der Waals surface area contributed by atoms with Crippen molar-refractivity contribution < 1.29 is 13.6 Å². The molecule has 0 aromatic heterocycles. The summed E-state index contributed by atoms with van der Waals surface area (Å²) in [7, 11) is 0. The first kappa shape index (κ1) is 12.0. The van der Waals surface area contributed by atoms with Crippen molar-refractivity contribution in [3.8, 4) is 0 Å². The van der Waals surface area contributed by atoms with E-state index in [9.17, 15) is 13.6 Å². The first-order chi connectivity index (χ1) is 7.91. The average Bonchev–Trinajstić information content (AvgIpc) is 3.07. The lowest BCUT2D eigenvalue weighted by molar-refractivity contribution is -0.121. The summed E-state index contributed by atoms with van der Waals surface area (Å²) in [5.74, 6) is -1.64. The molecule has 1 aromatic carbocycles. The molecule has 2 rings (SSSR count). The quantitative estimate of drug-likeness (QED) is 0.849. The van der Waals surface area contributed by atoms with E-state index in [0.29, 0.717) is 0 Å². The van der Waals surface area contributed by atoms with Crippen LogP contribution in [0.3, 0.4) is 0 Å². The topological polar surface area (TPSA) is 55.1 Å². The van der Waals surface area contributed by atoms with E-state index in [1.54, 1.807) is 6.92 Å². The second-order valence-electron chi connectivity index (χ2n) is 4.64. The Morgan fingerprint density at radius 3 is 2.71 bits per heavy atom. The van der Waals surface area contributed by atoms with Crippen LogP contribution in [0.15, 0.2) is 18.2 Å². The van der Waals surface area contributed by atoms with Crippen LogP contribution in [-0.2, 0) is 4.79 Å². The zero-order chi connectivity index (χ0) is 12.6. The van der Waals surface area contributed by atoms with Crippen LogP contribution in [0.25, 0.3) is 0 Å². The van der Waals surface area contributed by atoms with Gasteiger partial charge in [0.1, 0.15) is 11.6 Å². The summed E-state index contributed by atoms with van der Waals surface area (Å²) < 4.78 is 26.2. The lowest BCUT2D eigenvalue weighted by atomic mass is 9.96. The highest BCUT2D eigenvalue weighted by atomic mass is 19.1. The fourth-order valence-electron chi connectivity index (χ4n) is 1.72. The first-order valence-corrected chi connectivity index (χ1v) is 5.46. The van der Waals surface area contributed by atoms with Crippen LogP contribution in [0.1, 0.15) is 19.8 Å². The van der Waals surface area contributed by atoms with Crippen LogP contribution in [-0.4, -0.2) is 11.4 Å². The molecule has 0 aliphatic heterocycles. The maximum atomic E-state index is 13.3. The van der Waals surface area contributed by atoms with E-state index in [1.165, 1.54) is 0 Å². The molecule has 0 radical (unpaired) electrons. The van der Waals surface area contributed by atoms with Crippen LogP contribution in [0.4, 0.5) is 14.5 Å². The highest BCUT2D eigenvalue weighted by Gasteiger charge is 2.44. The molecule has 0 saturated heterocycles. The third kappa shape index (κ3) is 2.44. The molecule has 1 fully saturated rings. The molecule has 1 unspecified atom stereocenters. The van der Waals surface area contributed by atoms with Gasteiger partial charge in [-0.25, -0.2) is 8.78 Å². The molecule has 3 N–H and O–H groups in total. The van der Waals surface area contributed by atoms with E-state index in [4.69, 9.17) is 5.73 Å². The predicted octanol–water partition coefficient (Wildman–Crippen LogP) is 2.03. The van der Waals surface area contributed by atoms with E-state index < -0.39 is 23.1 Å². The number of nitrogens with one attached hydrogen (secondary N) is 1. The van der Waals surface area contributed by atoms with Crippen LogP contribution in [0.5, 0.6) is 0 Å². The van der Waals surface area contributed by atoms with E-state index >= 15 is 0 Å². The molecule has 92 valence electrons. The van der Waals surface area contributed by atoms with Gasteiger partial charge >= 0.3 is 0 Å². The fraction of sp³-hybridized carbons (Fsp3) is 0.417. The SMILES string of the molecule is CC(N)(C(=O)Nc1cc(F)ccc1F)C1CC1. The van der Waals surface area contributed by atoms with Gasteiger partial charge in [0.15, 0.2) is 0 Å². The Kier molecular flexibility index (Phi) is 2.87. The summed E-state index contributed by atoms with van der Waals surface area (Å²) >= 11 is 0. The zero-order valence-electron chi connectivity index (χ0n) is 9.47. The van der Waals surface area contributed by atoms with Crippen molar-refractivity contribution in [1.82, 2.24) is 0 Å². The van der Waals surface area contributed by atoms with Gasteiger partial charge in [0.25, 0.3) is 0 Å². The first-order valence-electron chi connectivity index (χ1n) is 5.46. The summed E-state index contributed by atoms with van der Waals surface area (Å²) in [6.07, 6.45) is 1.79. The van der Waals surface area contributed by atoms with Gasteiger partial charge in [-0.05, 0) is 37.8 Å². The smallest absolute Gasteiger partial charge is 0.244 e. The largest absolute Gasteiger partial charge is 0.322 e. The molecule has 17 heavy (non-hydrogen) atoms. The molecule has 1 amide bonds. The molecule has 3 nitrogen and oxygen atoms in total. The Morgan fingerprint density at radius 2 is 2.12 bits per heavy atom. The average molecular weight is 240 g/mol. The Balaban J connectivity index is 2.15. The monoisotopic (exact) mass is 240 g/mol. The second-order valence-corrected chi connectivity index (χ2v) is 4.64. The number of amides is 1. The van der Waals surface area contributed by atoms with Crippen molar-refractivity contribution in [2.24, 2.45) is 11.7 Å². The van der Waals surface area contributed by atoms with Crippen LogP contribution < -0.4 is 11.1 Å². The van der Waals surface area contributed by atoms with Gasteiger partial charge in [-0.1, -0.05) is 0 Å². The van der Waals surface area contributed by atoms with Gasteiger partial charge < -0.3 is 11.1 Å². The maximum Gasteiger partial charge on any atom is 0.244 e. The van der Waals surface area contributed by atoms with Crippen molar-refractivity contribution in [2.45, 2.75) is 25.3 Å². The molecule has 1 aliphatic carbocycles. The minimum atomic E-state index is -1.03. The molecule has 5 heteroatoms. The summed E-state index contributed by atoms with van der Waals surface area (Å²) in [5.41, 5.74) is 4.67. The molecule has 0 bridgehead atoms. The van der Waals surface area contributed by atoms with E-state index in [2.05, 4.69) is 5.32 Å². The Bertz CT molecular complexity index is 456. The molecule has 1 atom stereocenters. The summed E-state index contributed by atoms with van der Waals surface area (Å²) in [6.45, 7) is 1.61. The number of carbonyl (C=O) groups is 1.